The lowest BCUT2D eigenvalue weighted by molar-refractivity contribution is -0.153. The number of carbonyl (C=O) groups excluding carboxylic acids is 3. The molecule has 344 valence electrons. The normalized spacial score (nSPS) is 12.1. The van der Waals surface area contributed by atoms with Gasteiger partial charge in [0.15, 0.2) is 0 Å². The molecule has 0 rings (SSSR count). The van der Waals surface area contributed by atoms with Gasteiger partial charge in [0.1, 0.15) is 13.2 Å². The molecule has 0 saturated heterocycles. The number of hydrogen-bond donors (Lipinski definition) is 1. The van der Waals surface area contributed by atoms with Crippen LogP contribution < -0.4 is 5.32 Å². The molecule has 0 aliphatic rings. The predicted octanol–water partition coefficient (Wildman–Crippen LogP) is 14.3. The molecule has 0 spiro atoms. The highest BCUT2D eigenvalue weighted by Crippen LogP contribution is 2.23. The first-order chi connectivity index (χ1) is 28.4. The first-order valence-electron chi connectivity index (χ1n) is 25.7. The molecule has 0 saturated carbocycles. The average molecular weight is 821 g/mol. The van der Waals surface area contributed by atoms with Gasteiger partial charge < -0.3 is 19.7 Å². The molecule has 58 heavy (non-hydrogen) atoms. The molecule has 7 nitrogen and oxygen atoms in total. The highest BCUT2D eigenvalue weighted by Gasteiger charge is 2.25. The van der Waals surface area contributed by atoms with Crippen molar-refractivity contribution in [3.8, 4) is 0 Å². The van der Waals surface area contributed by atoms with Gasteiger partial charge >= 0.3 is 11.9 Å². The summed E-state index contributed by atoms with van der Waals surface area (Å²) in [7, 11) is 0. The van der Waals surface area contributed by atoms with Gasteiger partial charge in [0.05, 0.1) is 24.9 Å². The summed E-state index contributed by atoms with van der Waals surface area (Å²) in [6.07, 6.45) is 38.9. The van der Waals surface area contributed by atoms with E-state index in [0.29, 0.717) is 13.1 Å². The van der Waals surface area contributed by atoms with E-state index in [1.54, 1.807) is 4.90 Å². The molecule has 0 bridgehead atoms. The van der Waals surface area contributed by atoms with Gasteiger partial charge in [-0.15, -0.1) is 0 Å². The molecule has 0 radical (unpaired) electrons. The van der Waals surface area contributed by atoms with Crippen LogP contribution in [0.1, 0.15) is 253 Å². The quantitative estimate of drug-likeness (QED) is 0.0486. The molecule has 0 aromatic rings. The van der Waals surface area contributed by atoms with Gasteiger partial charge in [-0.05, 0) is 45.2 Å². The smallest absolute Gasteiger partial charge is 0.308 e. The zero-order valence-electron chi connectivity index (χ0n) is 39.8. The number of nitrogens with zero attached hydrogens (tertiary/aromatic N) is 1. The summed E-state index contributed by atoms with van der Waals surface area (Å²) < 4.78 is 11.9. The molecular formula is C51H100N2O5. The van der Waals surface area contributed by atoms with Crippen LogP contribution in [-0.2, 0) is 23.9 Å². The Hall–Kier alpha value is -1.63. The van der Waals surface area contributed by atoms with E-state index in [0.717, 1.165) is 70.9 Å². The Balaban J connectivity index is 5.38. The second kappa shape index (κ2) is 43.5. The molecule has 0 aromatic carbocycles. The first kappa shape index (κ1) is 56.4. The SMILES string of the molecule is CCCCCCCCCC(CCCCCCCCC)C(=O)OCCN(CCOC(=O)C(CCCCCCCCC)CCCCCCCCC)C(=O)C(C)CCNCC. The average Bonchev–Trinajstić information content (AvgIpc) is 3.22. The maximum Gasteiger partial charge on any atom is 0.308 e. The van der Waals surface area contributed by atoms with Gasteiger partial charge in [-0.1, -0.05) is 221 Å². The van der Waals surface area contributed by atoms with Gasteiger partial charge in [-0.25, -0.2) is 0 Å². The largest absolute Gasteiger partial charge is 0.464 e. The molecule has 7 heteroatoms. The van der Waals surface area contributed by atoms with Crippen LogP contribution in [0.25, 0.3) is 0 Å². The topological polar surface area (TPSA) is 84.9 Å². The van der Waals surface area contributed by atoms with E-state index < -0.39 is 0 Å². The Morgan fingerprint density at radius 3 is 1.02 bits per heavy atom. The lowest BCUT2D eigenvalue weighted by Gasteiger charge is -2.26. The van der Waals surface area contributed by atoms with Crippen molar-refractivity contribution in [3.63, 3.8) is 0 Å². The van der Waals surface area contributed by atoms with Crippen LogP contribution in [0, 0.1) is 17.8 Å². The van der Waals surface area contributed by atoms with Crippen molar-refractivity contribution < 1.29 is 23.9 Å². The van der Waals surface area contributed by atoms with Gasteiger partial charge in [-0.3, -0.25) is 14.4 Å². The van der Waals surface area contributed by atoms with Crippen molar-refractivity contribution in [2.75, 3.05) is 39.4 Å². The van der Waals surface area contributed by atoms with Crippen molar-refractivity contribution in [2.45, 2.75) is 253 Å². The molecular weight excluding hydrogens is 721 g/mol. The molecule has 1 atom stereocenters. The van der Waals surface area contributed by atoms with Crippen molar-refractivity contribution in [1.82, 2.24) is 10.2 Å². The zero-order valence-corrected chi connectivity index (χ0v) is 39.8. The summed E-state index contributed by atoms with van der Waals surface area (Å²) in [5.41, 5.74) is 0. The van der Waals surface area contributed by atoms with Crippen LogP contribution in [-0.4, -0.2) is 62.1 Å². The van der Waals surface area contributed by atoms with Gasteiger partial charge in [-0.2, -0.15) is 0 Å². The number of carbonyl (C=O) groups is 3. The van der Waals surface area contributed by atoms with E-state index in [1.165, 1.54) is 154 Å². The van der Waals surface area contributed by atoms with Crippen LogP contribution in [0.2, 0.25) is 0 Å². The number of esters is 2. The second-order valence-corrected chi connectivity index (χ2v) is 17.7. The Kier molecular flexibility index (Phi) is 42.2. The van der Waals surface area contributed by atoms with Crippen molar-refractivity contribution in [1.29, 1.82) is 0 Å². The number of unbranched alkanes of at least 4 members (excludes halogenated alkanes) is 24. The summed E-state index contributed by atoms with van der Waals surface area (Å²) in [6, 6.07) is 0. The Morgan fingerprint density at radius 2 is 0.724 bits per heavy atom. The standard InChI is InChI=1S/C51H100N2O5/c1-7-12-16-20-24-28-32-36-47(37-33-29-25-21-17-13-8-2)50(55)57-44-42-53(49(54)46(6)40-41-52-11-5)43-45-58-51(56)48(38-34-30-26-22-18-14-9-3)39-35-31-27-23-19-15-10-4/h46-48,52H,7-45H2,1-6H3. The highest BCUT2D eigenvalue weighted by molar-refractivity contribution is 5.78. The van der Waals surface area contributed by atoms with Crippen LogP contribution in [0.3, 0.4) is 0 Å². The summed E-state index contributed by atoms with van der Waals surface area (Å²) >= 11 is 0. The van der Waals surface area contributed by atoms with Crippen molar-refractivity contribution in [3.05, 3.63) is 0 Å². The van der Waals surface area contributed by atoms with E-state index in [9.17, 15) is 14.4 Å². The van der Waals surface area contributed by atoms with Gasteiger partial charge in [0.2, 0.25) is 5.91 Å². The van der Waals surface area contributed by atoms with E-state index in [4.69, 9.17) is 9.47 Å². The van der Waals surface area contributed by atoms with Gasteiger partial charge in [0.25, 0.3) is 0 Å². The van der Waals surface area contributed by atoms with Crippen molar-refractivity contribution in [2.24, 2.45) is 17.8 Å². The highest BCUT2D eigenvalue weighted by atomic mass is 16.5. The maximum absolute atomic E-state index is 13.7. The monoisotopic (exact) mass is 821 g/mol. The molecule has 1 amide bonds. The second-order valence-electron chi connectivity index (χ2n) is 17.7. The predicted molar refractivity (Wildman–Crippen MR) is 248 cm³/mol. The summed E-state index contributed by atoms with van der Waals surface area (Å²) in [5.74, 6) is -0.477. The number of rotatable bonds is 45. The zero-order chi connectivity index (χ0) is 42.7. The molecule has 0 aliphatic carbocycles. The number of amides is 1. The molecule has 1 N–H and O–H groups in total. The number of nitrogens with one attached hydrogen (secondary N) is 1. The summed E-state index contributed by atoms with van der Waals surface area (Å²) in [6.45, 7) is 15.7. The maximum atomic E-state index is 13.7. The lowest BCUT2D eigenvalue weighted by Crippen LogP contribution is -2.41. The Bertz CT molecular complexity index is 819. The number of hydrogen-bond acceptors (Lipinski definition) is 6. The number of ether oxygens (including phenoxy) is 2. The minimum absolute atomic E-state index is 0.0374. The van der Waals surface area contributed by atoms with E-state index in [-0.39, 0.29) is 48.8 Å². The lowest BCUT2D eigenvalue weighted by atomic mass is 9.94. The molecule has 0 heterocycles. The Morgan fingerprint density at radius 1 is 0.431 bits per heavy atom. The van der Waals surface area contributed by atoms with E-state index >= 15 is 0 Å². The molecule has 1 unspecified atom stereocenters. The van der Waals surface area contributed by atoms with Gasteiger partial charge in [0, 0.05) is 5.92 Å². The van der Waals surface area contributed by atoms with Crippen LogP contribution >= 0.6 is 0 Å². The fraction of sp³-hybridized carbons (Fsp3) is 0.941. The third-order valence-corrected chi connectivity index (χ3v) is 12.2. The van der Waals surface area contributed by atoms with Crippen LogP contribution in [0.15, 0.2) is 0 Å². The summed E-state index contributed by atoms with van der Waals surface area (Å²) in [5, 5.41) is 3.34. The fourth-order valence-corrected chi connectivity index (χ4v) is 8.16. The van der Waals surface area contributed by atoms with E-state index in [1.807, 2.05) is 6.92 Å². The minimum Gasteiger partial charge on any atom is -0.464 e. The third kappa shape index (κ3) is 34.1. The fourth-order valence-electron chi connectivity index (χ4n) is 8.16. The Labute approximate surface area is 361 Å². The first-order valence-corrected chi connectivity index (χ1v) is 25.7. The van der Waals surface area contributed by atoms with Crippen LogP contribution in [0.4, 0.5) is 0 Å². The van der Waals surface area contributed by atoms with Crippen LogP contribution in [0.5, 0.6) is 0 Å². The van der Waals surface area contributed by atoms with E-state index in [2.05, 4.69) is 39.9 Å². The molecule has 0 aliphatic heterocycles. The summed E-state index contributed by atoms with van der Waals surface area (Å²) in [4.78, 5) is 42.6. The molecule has 0 fully saturated rings. The van der Waals surface area contributed by atoms with Crippen molar-refractivity contribution >= 4 is 17.8 Å². The third-order valence-electron chi connectivity index (χ3n) is 12.2. The minimum atomic E-state index is -0.171. The molecule has 0 aromatic heterocycles.